The molecule has 2 aliphatic heterocycles. The number of amides is 1. The first-order valence-corrected chi connectivity index (χ1v) is 5.37. The summed E-state index contributed by atoms with van der Waals surface area (Å²) >= 11 is 0. The Morgan fingerprint density at radius 1 is 1.57 bits per heavy atom. The Hall–Kier alpha value is -0.610. The Morgan fingerprint density at radius 3 is 3.00 bits per heavy atom. The third-order valence-electron chi connectivity index (χ3n) is 3.04. The van der Waals surface area contributed by atoms with Crippen molar-refractivity contribution >= 4 is 5.91 Å². The predicted octanol–water partition coefficient (Wildman–Crippen LogP) is -0.0143. The standard InChI is InChI=1S/C10H18N2O2/c1-12-5-4-9(10(12)13)11-7-8-3-2-6-14-8/h8-9,11H,2-7H2,1H3/t8-,9+/m0/s1. The van der Waals surface area contributed by atoms with E-state index in [9.17, 15) is 4.79 Å². The van der Waals surface area contributed by atoms with E-state index in [4.69, 9.17) is 4.74 Å². The second-order valence-corrected chi connectivity index (χ2v) is 4.14. The molecule has 0 aromatic heterocycles. The van der Waals surface area contributed by atoms with Crippen LogP contribution < -0.4 is 5.32 Å². The van der Waals surface area contributed by atoms with E-state index in [0.29, 0.717) is 6.10 Å². The SMILES string of the molecule is CN1CC[C@@H](NC[C@@H]2CCCO2)C1=O. The summed E-state index contributed by atoms with van der Waals surface area (Å²) in [7, 11) is 1.86. The van der Waals surface area contributed by atoms with E-state index in [1.807, 2.05) is 7.05 Å². The van der Waals surface area contributed by atoms with Crippen molar-refractivity contribution in [2.45, 2.75) is 31.4 Å². The van der Waals surface area contributed by atoms with Crippen LogP contribution in [0.15, 0.2) is 0 Å². The van der Waals surface area contributed by atoms with E-state index in [1.54, 1.807) is 4.90 Å². The van der Waals surface area contributed by atoms with E-state index >= 15 is 0 Å². The maximum absolute atomic E-state index is 11.5. The molecule has 2 aliphatic rings. The fraction of sp³-hybridized carbons (Fsp3) is 0.900. The van der Waals surface area contributed by atoms with Crippen LogP contribution in [0.25, 0.3) is 0 Å². The Bertz CT molecular complexity index is 214. The van der Waals surface area contributed by atoms with Crippen molar-refractivity contribution in [1.29, 1.82) is 0 Å². The normalized spacial score (nSPS) is 32.9. The van der Waals surface area contributed by atoms with Crippen LogP contribution in [0.4, 0.5) is 0 Å². The van der Waals surface area contributed by atoms with Gasteiger partial charge in [0.15, 0.2) is 0 Å². The topological polar surface area (TPSA) is 41.6 Å². The number of nitrogens with zero attached hydrogens (tertiary/aromatic N) is 1. The molecule has 0 saturated carbocycles. The van der Waals surface area contributed by atoms with Crippen molar-refractivity contribution in [3.63, 3.8) is 0 Å². The third-order valence-corrected chi connectivity index (χ3v) is 3.04. The highest BCUT2D eigenvalue weighted by atomic mass is 16.5. The molecular formula is C10H18N2O2. The van der Waals surface area contributed by atoms with Gasteiger partial charge in [0.1, 0.15) is 0 Å². The summed E-state index contributed by atoms with van der Waals surface area (Å²) in [5, 5.41) is 3.29. The molecule has 2 rings (SSSR count). The van der Waals surface area contributed by atoms with Gasteiger partial charge in [-0.25, -0.2) is 0 Å². The molecule has 0 aromatic carbocycles. The van der Waals surface area contributed by atoms with Gasteiger partial charge in [-0.3, -0.25) is 4.79 Å². The first-order valence-electron chi connectivity index (χ1n) is 5.37. The molecule has 0 bridgehead atoms. The lowest BCUT2D eigenvalue weighted by molar-refractivity contribution is -0.128. The number of rotatable bonds is 3. The van der Waals surface area contributed by atoms with Gasteiger partial charge in [0.25, 0.3) is 0 Å². The molecular weight excluding hydrogens is 180 g/mol. The summed E-state index contributed by atoms with van der Waals surface area (Å²) < 4.78 is 5.49. The van der Waals surface area contributed by atoms with Gasteiger partial charge < -0.3 is 15.0 Å². The van der Waals surface area contributed by atoms with E-state index in [-0.39, 0.29) is 11.9 Å². The lowest BCUT2D eigenvalue weighted by atomic mass is 10.2. The molecule has 14 heavy (non-hydrogen) atoms. The fourth-order valence-corrected chi connectivity index (χ4v) is 2.09. The van der Waals surface area contributed by atoms with Crippen molar-refractivity contribution in [3.8, 4) is 0 Å². The number of hydrogen-bond donors (Lipinski definition) is 1. The molecule has 0 aliphatic carbocycles. The van der Waals surface area contributed by atoms with Crippen LogP contribution in [0.5, 0.6) is 0 Å². The van der Waals surface area contributed by atoms with Gasteiger partial charge in [-0.05, 0) is 19.3 Å². The van der Waals surface area contributed by atoms with Crippen LogP contribution in [0, 0.1) is 0 Å². The minimum Gasteiger partial charge on any atom is -0.377 e. The summed E-state index contributed by atoms with van der Waals surface area (Å²) in [5.74, 6) is 0.225. The Labute approximate surface area is 84.6 Å². The third kappa shape index (κ3) is 2.07. The highest BCUT2D eigenvalue weighted by Crippen LogP contribution is 2.13. The molecule has 2 heterocycles. The number of likely N-dealkylation sites (tertiary alicyclic amines) is 1. The zero-order valence-electron chi connectivity index (χ0n) is 8.66. The molecule has 4 nitrogen and oxygen atoms in total. The van der Waals surface area contributed by atoms with Crippen LogP contribution >= 0.6 is 0 Å². The van der Waals surface area contributed by atoms with E-state index in [1.165, 1.54) is 0 Å². The number of nitrogens with one attached hydrogen (secondary N) is 1. The second-order valence-electron chi connectivity index (χ2n) is 4.14. The van der Waals surface area contributed by atoms with Crippen molar-refractivity contribution in [2.75, 3.05) is 26.7 Å². The summed E-state index contributed by atoms with van der Waals surface area (Å²) in [6.07, 6.45) is 3.55. The van der Waals surface area contributed by atoms with Gasteiger partial charge in [-0.1, -0.05) is 0 Å². The minimum absolute atomic E-state index is 0.0317. The van der Waals surface area contributed by atoms with Gasteiger partial charge in [-0.15, -0.1) is 0 Å². The zero-order valence-corrected chi connectivity index (χ0v) is 8.66. The minimum atomic E-state index is 0.0317. The van der Waals surface area contributed by atoms with E-state index in [2.05, 4.69) is 5.32 Å². The molecule has 0 spiro atoms. The Balaban J connectivity index is 1.72. The molecule has 4 heteroatoms. The average molecular weight is 198 g/mol. The lowest BCUT2D eigenvalue weighted by Gasteiger charge is -2.15. The number of ether oxygens (including phenoxy) is 1. The van der Waals surface area contributed by atoms with Crippen molar-refractivity contribution < 1.29 is 9.53 Å². The molecule has 1 N–H and O–H groups in total. The van der Waals surface area contributed by atoms with Crippen LogP contribution in [0.2, 0.25) is 0 Å². The van der Waals surface area contributed by atoms with Crippen molar-refractivity contribution in [2.24, 2.45) is 0 Å². The van der Waals surface area contributed by atoms with Gasteiger partial charge in [0, 0.05) is 26.7 Å². The maximum Gasteiger partial charge on any atom is 0.239 e. The molecule has 1 amide bonds. The van der Waals surface area contributed by atoms with Gasteiger partial charge in [-0.2, -0.15) is 0 Å². The zero-order chi connectivity index (χ0) is 9.97. The number of hydrogen-bond acceptors (Lipinski definition) is 3. The first kappa shape index (κ1) is 9.93. The highest BCUT2D eigenvalue weighted by molar-refractivity contribution is 5.83. The largest absolute Gasteiger partial charge is 0.377 e. The molecule has 2 fully saturated rings. The Morgan fingerprint density at radius 2 is 2.43 bits per heavy atom. The maximum atomic E-state index is 11.5. The molecule has 0 aromatic rings. The predicted molar refractivity (Wildman–Crippen MR) is 53.0 cm³/mol. The van der Waals surface area contributed by atoms with Crippen LogP contribution in [0.3, 0.4) is 0 Å². The van der Waals surface area contributed by atoms with Gasteiger partial charge >= 0.3 is 0 Å². The lowest BCUT2D eigenvalue weighted by Crippen LogP contribution is -2.40. The summed E-state index contributed by atoms with van der Waals surface area (Å²) in [6, 6.07) is 0.0317. The summed E-state index contributed by atoms with van der Waals surface area (Å²) in [6.45, 7) is 2.58. The van der Waals surface area contributed by atoms with E-state index in [0.717, 1.165) is 39.0 Å². The summed E-state index contributed by atoms with van der Waals surface area (Å²) in [5.41, 5.74) is 0. The summed E-state index contributed by atoms with van der Waals surface area (Å²) in [4.78, 5) is 13.3. The van der Waals surface area contributed by atoms with Gasteiger partial charge in [0.05, 0.1) is 12.1 Å². The monoisotopic (exact) mass is 198 g/mol. The smallest absolute Gasteiger partial charge is 0.239 e. The van der Waals surface area contributed by atoms with Crippen molar-refractivity contribution in [1.82, 2.24) is 10.2 Å². The second kappa shape index (κ2) is 4.28. The first-order chi connectivity index (χ1) is 6.77. The van der Waals surface area contributed by atoms with Crippen LogP contribution in [-0.2, 0) is 9.53 Å². The quantitative estimate of drug-likeness (QED) is 0.693. The molecule has 0 radical (unpaired) electrons. The van der Waals surface area contributed by atoms with E-state index < -0.39 is 0 Å². The number of carbonyl (C=O) groups excluding carboxylic acids is 1. The number of likely N-dealkylation sites (N-methyl/N-ethyl adjacent to an activating group) is 1. The molecule has 2 atom stereocenters. The fourth-order valence-electron chi connectivity index (χ4n) is 2.09. The molecule has 80 valence electrons. The Kier molecular flexibility index (Phi) is 3.03. The number of carbonyl (C=O) groups is 1. The molecule has 2 saturated heterocycles. The van der Waals surface area contributed by atoms with Crippen molar-refractivity contribution in [3.05, 3.63) is 0 Å². The average Bonchev–Trinajstić information content (AvgIpc) is 2.77. The van der Waals surface area contributed by atoms with Gasteiger partial charge in [0.2, 0.25) is 5.91 Å². The van der Waals surface area contributed by atoms with Crippen LogP contribution in [0.1, 0.15) is 19.3 Å². The van der Waals surface area contributed by atoms with Crippen LogP contribution in [-0.4, -0.2) is 49.7 Å². The highest BCUT2D eigenvalue weighted by Gasteiger charge is 2.29. The molecule has 0 unspecified atom stereocenters.